The second-order valence-corrected chi connectivity index (χ2v) is 9.78. The lowest BCUT2D eigenvalue weighted by molar-refractivity contribution is 0.0730. The van der Waals surface area contributed by atoms with Crippen LogP contribution in [0.1, 0.15) is 21.5 Å². The normalized spacial score (nSPS) is 14.9. The Morgan fingerprint density at radius 1 is 1.19 bits per heavy atom. The molecule has 0 bridgehead atoms. The summed E-state index contributed by atoms with van der Waals surface area (Å²) in [5, 5.41) is 7.62. The highest BCUT2D eigenvalue weighted by molar-refractivity contribution is 7.89. The number of aromatic nitrogens is 2. The van der Waals surface area contributed by atoms with Crippen LogP contribution in [0.15, 0.2) is 59.8 Å². The van der Waals surface area contributed by atoms with Gasteiger partial charge in [0.25, 0.3) is 5.91 Å². The molecule has 3 aromatic rings. The van der Waals surface area contributed by atoms with E-state index in [1.54, 1.807) is 36.0 Å². The molecule has 1 aliphatic rings. The Kier molecular flexibility index (Phi) is 6.61. The summed E-state index contributed by atoms with van der Waals surface area (Å²) < 4.78 is 34.4. The summed E-state index contributed by atoms with van der Waals surface area (Å²) in [6.07, 6.45) is 3.09. The number of aryl methyl sites for hydroxylation is 1. The number of rotatable bonds is 6. The highest BCUT2D eigenvalue weighted by Gasteiger charge is 2.28. The minimum absolute atomic E-state index is 0.173. The molecule has 168 valence electrons. The van der Waals surface area contributed by atoms with Crippen LogP contribution in [-0.2, 0) is 21.3 Å². The number of nitrogens with one attached hydrogen (secondary N) is 1. The maximum atomic E-state index is 13.1. The van der Waals surface area contributed by atoms with Crippen LogP contribution in [0.25, 0.3) is 0 Å². The predicted molar refractivity (Wildman–Crippen MR) is 121 cm³/mol. The zero-order chi connectivity index (χ0) is 22.7. The molecule has 2 aromatic carbocycles. The van der Waals surface area contributed by atoms with Crippen LogP contribution in [0.2, 0.25) is 5.02 Å². The number of benzene rings is 2. The van der Waals surface area contributed by atoms with E-state index in [2.05, 4.69) is 10.4 Å². The number of amides is 1. The number of ether oxygens (including phenoxy) is 1. The van der Waals surface area contributed by atoms with Crippen molar-refractivity contribution in [3.05, 3.63) is 76.6 Å². The first-order chi connectivity index (χ1) is 15.3. The molecule has 4 rings (SSSR count). The number of carbonyl (C=O) groups is 1. The van der Waals surface area contributed by atoms with Gasteiger partial charge in [-0.1, -0.05) is 35.9 Å². The lowest BCUT2D eigenvalue weighted by atomic mass is 10.2. The molecule has 0 atom stereocenters. The first-order valence-corrected chi connectivity index (χ1v) is 11.9. The number of nitrogens with zero attached hydrogens (tertiary/aromatic N) is 3. The first kappa shape index (κ1) is 22.5. The maximum Gasteiger partial charge on any atom is 0.258 e. The Labute approximate surface area is 191 Å². The van der Waals surface area contributed by atoms with E-state index in [4.69, 9.17) is 16.3 Å². The summed E-state index contributed by atoms with van der Waals surface area (Å²) in [6, 6.07) is 12.3. The van der Waals surface area contributed by atoms with Gasteiger partial charge in [-0.3, -0.25) is 9.48 Å². The molecule has 0 saturated carbocycles. The first-order valence-electron chi connectivity index (χ1n) is 10.1. The number of halogens is 1. The molecule has 1 fully saturated rings. The van der Waals surface area contributed by atoms with Crippen LogP contribution >= 0.6 is 11.6 Å². The van der Waals surface area contributed by atoms with Crippen molar-refractivity contribution >= 4 is 33.2 Å². The molecule has 2 heterocycles. The van der Waals surface area contributed by atoms with Crippen LogP contribution in [0.3, 0.4) is 0 Å². The van der Waals surface area contributed by atoms with E-state index in [9.17, 15) is 13.2 Å². The third-order valence-electron chi connectivity index (χ3n) is 5.22. The van der Waals surface area contributed by atoms with Gasteiger partial charge in [0.05, 0.1) is 36.4 Å². The molecule has 0 radical (unpaired) electrons. The van der Waals surface area contributed by atoms with Crippen molar-refractivity contribution in [2.45, 2.75) is 18.4 Å². The molecule has 1 aromatic heterocycles. The third kappa shape index (κ3) is 4.86. The van der Waals surface area contributed by atoms with Crippen molar-refractivity contribution in [1.82, 2.24) is 14.1 Å². The molecule has 0 unspecified atom stereocenters. The van der Waals surface area contributed by atoms with Gasteiger partial charge in [-0.15, -0.1) is 0 Å². The molecular weight excluding hydrogens is 452 g/mol. The fraction of sp³-hybridized carbons (Fsp3) is 0.273. The lowest BCUT2D eigenvalue weighted by Crippen LogP contribution is -2.40. The zero-order valence-electron chi connectivity index (χ0n) is 17.5. The summed E-state index contributed by atoms with van der Waals surface area (Å²) in [5.74, 6) is -0.381. The molecule has 8 nitrogen and oxygen atoms in total. The average Bonchev–Trinajstić information content (AvgIpc) is 3.26. The molecule has 0 spiro atoms. The number of hydrogen-bond donors (Lipinski definition) is 1. The quantitative estimate of drug-likeness (QED) is 0.592. The Bertz CT molecular complexity index is 1240. The van der Waals surface area contributed by atoms with Gasteiger partial charge in [0.1, 0.15) is 0 Å². The van der Waals surface area contributed by atoms with Crippen LogP contribution in [-0.4, -0.2) is 54.7 Å². The molecule has 10 heteroatoms. The monoisotopic (exact) mass is 474 g/mol. The van der Waals surface area contributed by atoms with Gasteiger partial charge in [-0.2, -0.15) is 9.40 Å². The Morgan fingerprint density at radius 3 is 2.69 bits per heavy atom. The second kappa shape index (κ2) is 9.41. The maximum absolute atomic E-state index is 13.1. The standard InChI is InChI=1S/C22H23ClN4O4S/c1-16-6-7-19(12-21(16)32(29,30)27-8-10-31-11-9-27)25-22(28)18-13-24-26(15-18)14-17-4-2-3-5-20(17)23/h2-7,12-13,15H,8-11,14H2,1H3,(H,25,28). The average molecular weight is 475 g/mol. The van der Waals surface area contributed by atoms with Gasteiger partial charge >= 0.3 is 0 Å². The Hall–Kier alpha value is -2.72. The molecular formula is C22H23ClN4O4S. The number of anilines is 1. The summed E-state index contributed by atoms with van der Waals surface area (Å²) in [4.78, 5) is 12.9. The third-order valence-corrected chi connectivity index (χ3v) is 7.63. The SMILES string of the molecule is Cc1ccc(NC(=O)c2cnn(Cc3ccccc3Cl)c2)cc1S(=O)(=O)N1CCOCC1. The fourth-order valence-electron chi connectivity index (χ4n) is 3.45. The van der Waals surface area contributed by atoms with Crippen molar-refractivity contribution in [2.75, 3.05) is 31.6 Å². The van der Waals surface area contributed by atoms with E-state index in [0.29, 0.717) is 54.7 Å². The van der Waals surface area contributed by atoms with Gasteiger partial charge in [0.15, 0.2) is 0 Å². The van der Waals surface area contributed by atoms with Gasteiger partial charge < -0.3 is 10.1 Å². The van der Waals surface area contributed by atoms with Crippen LogP contribution < -0.4 is 5.32 Å². The number of hydrogen-bond acceptors (Lipinski definition) is 5. The van der Waals surface area contributed by atoms with Gasteiger partial charge in [-0.05, 0) is 36.2 Å². The minimum atomic E-state index is -3.68. The molecule has 1 aliphatic heterocycles. The summed E-state index contributed by atoms with van der Waals surface area (Å²) >= 11 is 6.19. The Balaban J connectivity index is 1.50. The van der Waals surface area contributed by atoms with Gasteiger partial charge in [-0.25, -0.2) is 8.42 Å². The summed E-state index contributed by atoms with van der Waals surface area (Å²) in [5.41, 5.74) is 2.25. The van der Waals surface area contributed by atoms with E-state index < -0.39 is 10.0 Å². The van der Waals surface area contributed by atoms with Crippen LogP contribution in [0.5, 0.6) is 0 Å². The highest BCUT2D eigenvalue weighted by Crippen LogP contribution is 2.25. The molecule has 32 heavy (non-hydrogen) atoms. The smallest absolute Gasteiger partial charge is 0.258 e. The van der Waals surface area contributed by atoms with Crippen molar-refractivity contribution in [3.63, 3.8) is 0 Å². The van der Waals surface area contributed by atoms with Gasteiger partial charge in [0.2, 0.25) is 10.0 Å². The number of morpholine rings is 1. The van der Waals surface area contributed by atoms with Crippen molar-refractivity contribution in [3.8, 4) is 0 Å². The van der Waals surface area contributed by atoms with E-state index in [1.165, 1.54) is 16.6 Å². The minimum Gasteiger partial charge on any atom is -0.379 e. The predicted octanol–water partition coefficient (Wildman–Crippen LogP) is 3.17. The fourth-order valence-corrected chi connectivity index (χ4v) is 5.31. The van der Waals surface area contributed by atoms with E-state index in [-0.39, 0.29) is 10.8 Å². The molecule has 1 N–H and O–H groups in total. The topological polar surface area (TPSA) is 93.5 Å². The van der Waals surface area contributed by atoms with Crippen molar-refractivity contribution < 1.29 is 17.9 Å². The number of carbonyl (C=O) groups excluding carboxylic acids is 1. The van der Waals surface area contributed by atoms with Crippen LogP contribution in [0.4, 0.5) is 5.69 Å². The van der Waals surface area contributed by atoms with E-state index in [0.717, 1.165) is 5.56 Å². The molecule has 1 saturated heterocycles. The summed E-state index contributed by atoms with van der Waals surface area (Å²) in [6.45, 7) is 3.52. The summed E-state index contributed by atoms with van der Waals surface area (Å²) in [7, 11) is -3.68. The van der Waals surface area contributed by atoms with E-state index in [1.807, 2.05) is 18.2 Å². The molecule has 1 amide bonds. The van der Waals surface area contributed by atoms with Crippen molar-refractivity contribution in [1.29, 1.82) is 0 Å². The largest absolute Gasteiger partial charge is 0.379 e. The second-order valence-electron chi connectivity index (χ2n) is 7.47. The lowest BCUT2D eigenvalue weighted by Gasteiger charge is -2.26. The van der Waals surface area contributed by atoms with Crippen LogP contribution in [0, 0.1) is 6.92 Å². The van der Waals surface area contributed by atoms with Crippen molar-refractivity contribution in [2.24, 2.45) is 0 Å². The van der Waals surface area contributed by atoms with E-state index >= 15 is 0 Å². The highest BCUT2D eigenvalue weighted by atomic mass is 35.5. The molecule has 0 aliphatic carbocycles. The number of sulfonamides is 1. The van der Waals surface area contributed by atoms with Gasteiger partial charge in [0, 0.05) is 30.0 Å². The Morgan fingerprint density at radius 2 is 1.94 bits per heavy atom. The zero-order valence-corrected chi connectivity index (χ0v) is 19.1.